The van der Waals surface area contributed by atoms with E-state index in [1.54, 1.807) is 0 Å². The summed E-state index contributed by atoms with van der Waals surface area (Å²) in [6.07, 6.45) is 5.68. The summed E-state index contributed by atoms with van der Waals surface area (Å²) in [5.41, 5.74) is 1.85. The maximum atomic E-state index is 12.8. The van der Waals surface area contributed by atoms with Gasteiger partial charge in [-0.05, 0) is 67.6 Å². The van der Waals surface area contributed by atoms with E-state index in [-0.39, 0.29) is 22.4 Å². The molecule has 1 rings (SSSR count). The second-order valence-corrected chi connectivity index (χ2v) is 12.8. The van der Waals surface area contributed by atoms with E-state index >= 15 is 0 Å². The summed E-state index contributed by atoms with van der Waals surface area (Å²) in [5, 5.41) is 10.9. The third kappa shape index (κ3) is 9.60. The zero-order chi connectivity index (χ0) is 26.4. The Balaban J connectivity index is 2.85. The molecule has 0 aromatic heterocycles. The van der Waals surface area contributed by atoms with Crippen LogP contribution in [0.3, 0.4) is 0 Å². The predicted molar refractivity (Wildman–Crippen MR) is 143 cm³/mol. The Morgan fingerprint density at radius 2 is 1.41 bits per heavy atom. The average molecular weight is 477 g/mol. The first-order valence-corrected chi connectivity index (χ1v) is 13.2. The van der Waals surface area contributed by atoms with Gasteiger partial charge in [0.15, 0.2) is 0 Å². The maximum Gasteiger partial charge on any atom is 0.306 e. The fraction of sp³-hybridized carbons (Fsp3) is 0.767. The Bertz CT molecular complexity index is 760. The Hall–Kier alpha value is -1.55. The number of aryl methyl sites for hydroxylation is 1. The molecule has 1 aromatic rings. The average Bonchev–Trinajstić information content (AvgIpc) is 2.69. The molecule has 0 fully saturated rings. The lowest BCUT2D eigenvalue weighted by Gasteiger charge is -2.31. The smallest absolute Gasteiger partial charge is 0.306 e. The number of unbranched alkanes of at least 4 members (excludes halogenated alkanes) is 1. The predicted octanol–water partition coefficient (Wildman–Crippen LogP) is 8.01. The molecule has 4 heteroatoms. The molecule has 0 amide bonds. The van der Waals surface area contributed by atoms with Gasteiger partial charge in [0.05, 0.1) is 12.2 Å². The van der Waals surface area contributed by atoms with E-state index in [4.69, 9.17) is 9.47 Å². The van der Waals surface area contributed by atoms with Crippen LogP contribution >= 0.6 is 0 Å². The highest BCUT2D eigenvalue weighted by Crippen LogP contribution is 2.40. The maximum absolute atomic E-state index is 12.8. The number of carbonyl (C=O) groups is 1. The van der Waals surface area contributed by atoms with E-state index in [1.165, 1.54) is 0 Å². The van der Waals surface area contributed by atoms with E-state index in [9.17, 15) is 9.90 Å². The lowest BCUT2D eigenvalue weighted by molar-refractivity contribution is -0.161. The van der Waals surface area contributed by atoms with Gasteiger partial charge in [0.2, 0.25) is 0 Å². The summed E-state index contributed by atoms with van der Waals surface area (Å²) in [7, 11) is 0. The quantitative estimate of drug-likeness (QED) is 0.310. The summed E-state index contributed by atoms with van der Waals surface area (Å²) in [5.74, 6) is 0.184. The minimum atomic E-state index is -0.528. The van der Waals surface area contributed by atoms with E-state index in [0.29, 0.717) is 31.6 Å². The molecule has 0 radical (unpaired) electrons. The van der Waals surface area contributed by atoms with Crippen molar-refractivity contribution in [3.8, 4) is 5.75 Å². The van der Waals surface area contributed by atoms with Crippen molar-refractivity contribution in [1.29, 1.82) is 0 Å². The Morgan fingerprint density at radius 3 is 1.85 bits per heavy atom. The van der Waals surface area contributed by atoms with Crippen LogP contribution in [0.25, 0.3) is 0 Å². The number of phenolic OH excluding ortho intramolecular Hbond substituents is 1. The van der Waals surface area contributed by atoms with Gasteiger partial charge in [-0.3, -0.25) is 4.79 Å². The molecule has 0 heterocycles. The van der Waals surface area contributed by atoms with E-state index in [0.717, 1.165) is 42.4 Å². The van der Waals surface area contributed by atoms with Crippen LogP contribution < -0.4 is 0 Å². The largest absolute Gasteiger partial charge is 0.507 e. The number of benzene rings is 1. The minimum Gasteiger partial charge on any atom is -0.507 e. The molecule has 1 unspecified atom stereocenters. The van der Waals surface area contributed by atoms with Gasteiger partial charge in [-0.1, -0.05) is 80.4 Å². The highest BCUT2D eigenvalue weighted by molar-refractivity contribution is 5.70. The van der Waals surface area contributed by atoms with Crippen LogP contribution in [0, 0.1) is 0 Å². The summed E-state index contributed by atoms with van der Waals surface area (Å²) in [6.45, 7) is 23.7. The number of aromatic hydroxyl groups is 1. The first-order chi connectivity index (χ1) is 15.4. The fourth-order valence-corrected chi connectivity index (χ4v) is 4.07. The third-order valence-corrected chi connectivity index (χ3v) is 6.77. The molecule has 4 nitrogen and oxygen atoms in total. The zero-order valence-electron chi connectivity index (χ0n) is 24.0. The van der Waals surface area contributed by atoms with Gasteiger partial charge in [-0.25, -0.2) is 0 Å². The normalized spacial score (nSPS) is 14.7. The van der Waals surface area contributed by atoms with Crippen molar-refractivity contribution < 1.29 is 19.4 Å². The van der Waals surface area contributed by atoms with E-state index < -0.39 is 5.60 Å². The van der Waals surface area contributed by atoms with Crippen molar-refractivity contribution in [2.45, 2.75) is 143 Å². The Labute approximate surface area is 209 Å². The van der Waals surface area contributed by atoms with Crippen molar-refractivity contribution >= 4 is 5.97 Å². The van der Waals surface area contributed by atoms with Gasteiger partial charge in [0.25, 0.3) is 0 Å². The van der Waals surface area contributed by atoms with Crippen LogP contribution in [0.2, 0.25) is 0 Å². The number of hydrogen-bond acceptors (Lipinski definition) is 4. The third-order valence-electron chi connectivity index (χ3n) is 6.77. The van der Waals surface area contributed by atoms with Crippen molar-refractivity contribution in [1.82, 2.24) is 0 Å². The van der Waals surface area contributed by atoms with Gasteiger partial charge < -0.3 is 14.6 Å². The van der Waals surface area contributed by atoms with Gasteiger partial charge in [-0.15, -0.1) is 0 Å². The molecular weight excluding hydrogens is 424 g/mol. The molecule has 1 atom stereocenters. The molecule has 0 aliphatic carbocycles. The molecule has 1 aromatic carbocycles. The summed E-state index contributed by atoms with van der Waals surface area (Å²) in [4.78, 5) is 12.8. The molecule has 0 saturated carbocycles. The highest BCUT2D eigenvalue weighted by atomic mass is 16.6. The van der Waals surface area contributed by atoms with Crippen LogP contribution in [-0.2, 0) is 31.5 Å². The highest BCUT2D eigenvalue weighted by Gasteiger charge is 2.29. The monoisotopic (exact) mass is 476 g/mol. The second-order valence-electron chi connectivity index (χ2n) is 12.8. The van der Waals surface area contributed by atoms with Crippen LogP contribution in [0.4, 0.5) is 0 Å². The lowest BCUT2D eigenvalue weighted by Crippen LogP contribution is -2.34. The molecule has 34 heavy (non-hydrogen) atoms. The zero-order valence-corrected chi connectivity index (χ0v) is 24.0. The van der Waals surface area contributed by atoms with Gasteiger partial charge in [0, 0.05) is 12.8 Å². The molecule has 0 aliphatic heterocycles. The number of ether oxygens (including phenoxy) is 2. The van der Waals surface area contributed by atoms with Crippen LogP contribution in [0.1, 0.15) is 131 Å². The van der Waals surface area contributed by atoms with Crippen molar-refractivity contribution in [3.63, 3.8) is 0 Å². The summed E-state index contributed by atoms with van der Waals surface area (Å²) < 4.78 is 12.1. The number of hydrogen-bond donors (Lipinski definition) is 1. The first-order valence-electron chi connectivity index (χ1n) is 13.2. The molecule has 1 N–H and O–H groups in total. The Morgan fingerprint density at radius 1 is 0.882 bits per heavy atom. The summed E-state index contributed by atoms with van der Waals surface area (Å²) in [6, 6.07) is 4.09. The molecule has 196 valence electrons. The van der Waals surface area contributed by atoms with Crippen molar-refractivity contribution in [2.24, 2.45) is 0 Å². The SMILES string of the molecule is CCCCC(C)(C)OCCC(C)(CC)OC(=O)CCc1cc(C(C)(C)C)c(O)c(C(C)(C)C)c1. The number of phenols is 1. The van der Waals surface area contributed by atoms with Crippen LogP contribution in [0.15, 0.2) is 12.1 Å². The van der Waals surface area contributed by atoms with Crippen molar-refractivity contribution in [2.75, 3.05) is 6.61 Å². The number of rotatable bonds is 12. The topological polar surface area (TPSA) is 55.8 Å². The molecule has 0 bridgehead atoms. The van der Waals surface area contributed by atoms with E-state index in [1.807, 2.05) is 19.1 Å². The number of esters is 1. The Kier molecular flexibility index (Phi) is 10.7. The molecule has 0 saturated heterocycles. The van der Waals surface area contributed by atoms with Crippen LogP contribution in [-0.4, -0.2) is 28.9 Å². The fourth-order valence-electron chi connectivity index (χ4n) is 4.07. The van der Waals surface area contributed by atoms with Gasteiger partial charge >= 0.3 is 5.97 Å². The molecular formula is C30H52O4. The number of carbonyl (C=O) groups excluding carboxylic acids is 1. The molecule has 0 spiro atoms. The van der Waals surface area contributed by atoms with Gasteiger partial charge in [-0.2, -0.15) is 0 Å². The molecule has 0 aliphatic rings. The standard InChI is InChI=1S/C30H52O4/c1-12-14-17-29(9,10)33-19-18-30(11,13-2)34-25(31)16-15-22-20-23(27(3,4)5)26(32)24(21-22)28(6,7)8/h20-21,32H,12-19H2,1-11H3. The summed E-state index contributed by atoms with van der Waals surface area (Å²) >= 11 is 0. The van der Waals surface area contributed by atoms with Gasteiger partial charge in [0.1, 0.15) is 11.4 Å². The lowest BCUT2D eigenvalue weighted by atomic mass is 9.78. The van der Waals surface area contributed by atoms with Crippen LogP contribution in [0.5, 0.6) is 5.75 Å². The van der Waals surface area contributed by atoms with E-state index in [2.05, 4.69) is 69.2 Å². The first kappa shape index (κ1) is 30.5. The second kappa shape index (κ2) is 11.9. The van der Waals surface area contributed by atoms with Crippen molar-refractivity contribution in [3.05, 3.63) is 28.8 Å². The minimum absolute atomic E-state index is 0.150.